The summed E-state index contributed by atoms with van der Waals surface area (Å²) in [4.78, 5) is 18.1. The van der Waals surface area contributed by atoms with Gasteiger partial charge in [0, 0.05) is 42.2 Å². The lowest BCUT2D eigenvalue weighted by Gasteiger charge is -2.39. The van der Waals surface area contributed by atoms with Gasteiger partial charge in [-0.25, -0.2) is 4.58 Å². The number of halogens is 1. The largest absolute Gasteiger partial charge is 0.365 e. The fraction of sp³-hybridized carbons (Fsp3) is 0.481. The van der Waals surface area contributed by atoms with Crippen LogP contribution in [0.3, 0.4) is 0 Å². The summed E-state index contributed by atoms with van der Waals surface area (Å²) < 4.78 is 8.59. The molecule has 2 aromatic carbocycles. The minimum Gasteiger partial charge on any atom is -0.365 e. The molecule has 172 valence electrons. The number of nitrogens with zero attached hydrogens (tertiary/aromatic N) is 3. The monoisotopic (exact) mass is 464 g/mol. The Morgan fingerprint density at radius 3 is 2.79 bits per heavy atom. The van der Waals surface area contributed by atoms with Gasteiger partial charge < -0.3 is 14.5 Å². The van der Waals surface area contributed by atoms with E-state index in [2.05, 4.69) is 47.0 Å². The van der Waals surface area contributed by atoms with E-state index in [1.54, 1.807) is 0 Å². The van der Waals surface area contributed by atoms with Crippen LogP contribution in [0.5, 0.6) is 0 Å². The Bertz CT molecular complexity index is 1120. The topological polar surface area (TPSA) is 35.8 Å². The van der Waals surface area contributed by atoms with Crippen LogP contribution < -0.4 is 0 Å². The summed E-state index contributed by atoms with van der Waals surface area (Å²) in [7, 11) is 2.18. The van der Waals surface area contributed by atoms with Crippen molar-refractivity contribution in [2.45, 2.75) is 37.4 Å². The highest BCUT2D eigenvalue weighted by Crippen LogP contribution is 2.45. The predicted molar refractivity (Wildman–Crippen MR) is 129 cm³/mol. The Labute approximate surface area is 200 Å². The van der Waals surface area contributed by atoms with Crippen LogP contribution in [-0.4, -0.2) is 66.3 Å². The molecule has 0 bridgehead atoms. The van der Waals surface area contributed by atoms with Crippen molar-refractivity contribution in [2.24, 2.45) is 5.92 Å². The summed E-state index contributed by atoms with van der Waals surface area (Å²) in [5, 5.41) is 0.723. The first kappa shape index (κ1) is 21.3. The van der Waals surface area contributed by atoms with Crippen LogP contribution in [0.4, 0.5) is 5.69 Å². The minimum absolute atomic E-state index is 0.200. The SMILES string of the molecule is CN1CCC(C[N+]2=CC(C(=O)N3CCC4(CC3)OCc3ccccc34)c3ccc(Cl)cc32)C1. The third-order valence-electron chi connectivity index (χ3n) is 8.07. The molecule has 5 nitrogen and oxygen atoms in total. The lowest BCUT2D eigenvalue weighted by atomic mass is 9.83. The smallest absolute Gasteiger partial charge is 0.240 e. The summed E-state index contributed by atoms with van der Waals surface area (Å²) in [6, 6.07) is 14.5. The van der Waals surface area contributed by atoms with Gasteiger partial charge in [-0.15, -0.1) is 0 Å². The standard InChI is InChI=1S/C27H31ClN3O2/c1-29-11-8-19(15-29)16-31-17-23(22-7-6-21(28)14-25(22)31)26(32)30-12-9-27(10-13-30)24-5-3-2-4-20(24)18-33-27/h2-7,14,17,19,23H,8-13,15-16,18H2,1H3/q+1. The van der Waals surface area contributed by atoms with Crippen molar-refractivity contribution in [2.75, 3.05) is 39.8 Å². The molecule has 0 radical (unpaired) electrons. The van der Waals surface area contributed by atoms with Crippen LogP contribution in [0.2, 0.25) is 5.02 Å². The van der Waals surface area contributed by atoms with Crippen molar-refractivity contribution in [3.8, 4) is 0 Å². The van der Waals surface area contributed by atoms with Gasteiger partial charge in [0.25, 0.3) is 0 Å². The molecule has 0 N–H and O–H groups in total. The molecule has 2 atom stereocenters. The third kappa shape index (κ3) is 3.71. The van der Waals surface area contributed by atoms with E-state index in [9.17, 15) is 4.79 Å². The van der Waals surface area contributed by atoms with Crippen LogP contribution in [0.1, 0.15) is 41.9 Å². The van der Waals surface area contributed by atoms with Crippen molar-refractivity contribution in [3.05, 3.63) is 64.2 Å². The number of ether oxygens (including phenoxy) is 1. The number of amides is 1. The van der Waals surface area contributed by atoms with E-state index >= 15 is 0 Å². The van der Waals surface area contributed by atoms with Crippen LogP contribution >= 0.6 is 11.6 Å². The van der Waals surface area contributed by atoms with E-state index in [0.717, 1.165) is 61.8 Å². The Balaban J connectivity index is 1.21. The summed E-state index contributed by atoms with van der Waals surface area (Å²) >= 11 is 6.36. The molecule has 0 saturated carbocycles. The van der Waals surface area contributed by atoms with Crippen molar-refractivity contribution in [3.63, 3.8) is 0 Å². The molecular weight excluding hydrogens is 434 g/mol. The van der Waals surface area contributed by atoms with Gasteiger partial charge in [0.2, 0.25) is 11.6 Å². The van der Waals surface area contributed by atoms with Crippen LogP contribution in [0.25, 0.3) is 0 Å². The fourth-order valence-corrected chi connectivity index (χ4v) is 6.43. The van der Waals surface area contributed by atoms with Gasteiger partial charge in [0.15, 0.2) is 12.8 Å². The van der Waals surface area contributed by atoms with Gasteiger partial charge in [-0.2, -0.15) is 0 Å². The number of benzene rings is 2. The number of carbonyl (C=O) groups excluding carboxylic acids is 1. The van der Waals surface area contributed by atoms with Gasteiger partial charge in [-0.1, -0.05) is 35.9 Å². The molecule has 6 rings (SSSR count). The number of hydrogen-bond acceptors (Lipinski definition) is 3. The zero-order valence-electron chi connectivity index (χ0n) is 19.2. The Morgan fingerprint density at radius 2 is 2.00 bits per heavy atom. The van der Waals surface area contributed by atoms with E-state index in [4.69, 9.17) is 16.3 Å². The lowest BCUT2D eigenvalue weighted by Crippen LogP contribution is -2.46. The quantitative estimate of drug-likeness (QED) is 0.640. The molecule has 2 unspecified atom stereocenters. The molecule has 4 aliphatic rings. The zero-order chi connectivity index (χ0) is 22.6. The van der Waals surface area contributed by atoms with Crippen LogP contribution in [0.15, 0.2) is 42.5 Å². The second-order valence-electron chi connectivity index (χ2n) is 10.2. The molecule has 0 aromatic heterocycles. The summed E-state index contributed by atoms with van der Waals surface area (Å²) in [5.74, 6) is 0.578. The normalized spacial score (nSPS) is 25.9. The van der Waals surface area contributed by atoms with Crippen LogP contribution in [-0.2, 0) is 21.7 Å². The van der Waals surface area contributed by atoms with E-state index in [1.807, 2.05) is 23.1 Å². The molecule has 4 aliphatic heterocycles. The minimum atomic E-state index is -0.234. The van der Waals surface area contributed by atoms with E-state index in [1.165, 1.54) is 17.5 Å². The number of likely N-dealkylation sites (tertiary alicyclic amines) is 2. The molecule has 4 heterocycles. The fourth-order valence-electron chi connectivity index (χ4n) is 6.26. The average molecular weight is 465 g/mol. The first-order valence-electron chi connectivity index (χ1n) is 12.1. The Hall–Kier alpha value is -2.21. The first-order chi connectivity index (χ1) is 16.0. The Morgan fingerprint density at radius 1 is 1.18 bits per heavy atom. The summed E-state index contributed by atoms with van der Waals surface area (Å²) in [6.07, 6.45) is 5.06. The van der Waals surface area contributed by atoms with Crippen molar-refractivity contribution in [1.82, 2.24) is 9.80 Å². The zero-order valence-corrected chi connectivity index (χ0v) is 19.9. The molecule has 6 heteroatoms. The van der Waals surface area contributed by atoms with E-state index < -0.39 is 0 Å². The molecule has 2 fully saturated rings. The van der Waals surface area contributed by atoms with Gasteiger partial charge in [-0.3, -0.25) is 4.79 Å². The van der Waals surface area contributed by atoms with Crippen LogP contribution in [0, 0.1) is 5.92 Å². The Kier molecular flexibility index (Phi) is 5.32. The lowest BCUT2D eigenvalue weighted by molar-refractivity contribution is -0.441. The predicted octanol–water partition coefficient (Wildman–Crippen LogP) is 4.15. The van der Waals surface area contributed by atoms with Gasteiger partial charge in [0.1, 0.15) is 5.92 Å². The number of hydrogen-bond donors (Lipinski definition) is 0. The van der Waals surface area contributed by atoms with Gasteiger partial charge in [0.05, 0.1) is 12.2 Å². The summed E-state index contributed by atoms with van der Waals surface area (Å²) in [6.45, 7) is 5.33. The van der Waals surface area contributed by atoms with Crippen molar-refractivity contribution < 1.29 is 14.1 Å². The van der Waals surface area contributed by atoms with Gasteiger partial charge in [-0.05, 0) is 56.1 Å². The number of fused-ring (bicyclic) bond motifs is 3. The third-order valence-corrected chi connectivity index (χ3v) is 8.31. The highest BCUT2D eigenvalue weighted by atomic mass is 35.5. The maximum Gasteiger partial charge on any atom is 0.240 e. The van der Waals surface area contributed by atoms with Crippen molar-refractivity contribution in [1.29, 1.82) is 0 Å². The highest BCUT2D eigenvalue weighted by molar-refractivity contribution is 6.30. The van der Waals surface area contributed by atoms with E-state index in [-0.39, 0.29) is 17.4 Å². The maximum atomic E-state index is 13.7. The molecular formula is C27H31ClN3O2+. The second kappa shape index (κ2) is 8.23. The average Bonchev–Trinajstić information content (AvgIpc) is 3.51. The summed E-state index contributed by atoms with van der Waals surface area (Å²) in [5.41, 5.74) is 4.56. The molecule has 2 aromatic rings. The number of carbonyl (C=O) groups is 1. The molecule has 33 heavy (non-hydrogen) atoms. The van der Waals surface area contributed by atoms with Crippen molar-refractivity contribution >= 4 is 29.4 Å². The molecule has 2 saturated heterocycles. The molecule has 1 spiro atoms. The second-order valence-corrected chi connectivity index (χ2v) is 10.6. The first-order valence-corrected chi connectivity index (χ1v) is 12.5. The number of rotatable bonds is 3. The molecule has 1 amide bonds. The highest BCUT2D eigenvalue weighted by Gasteiger charge is 2.45. The maximum absolute atomic E-state index is 13.7. The van der Waals surface area contributed by atoms with Gasteiger partial charge >= 0.3 is 0 Å². The number of piperidine rings is 1. The molecule has 0 aliphatic carbocycles. The van der Waals surface area contributed by atoms with E-state index in [0.29, 0.717) is 12.5 Å².